The van der Waals surface area contributed by atoms with E-state index in [0.717, 1.165) is 17.7 Å². The van der Waals surface area contributed by atoms with Crippen LogP contribution in [0.4, 0.5) is 13.2 Å². The Kier molecular flexibility index (Phi) is 5.16. The highest BCUT2D eigenvalue weighted by atomic mass is 35.5. The molecule has 22 heavy (non-hydrogen) atoms. The second-order valence-corrected chi connectivity index (χ2v) is 6.95. The van der Waals surface area contributed by atoms with Crippen molar-refractivity contribution in [1.82, 2.24) is 10.0 Å². The first-order valence-corrected chi connectivity index (χ1v) is 8.31. The lowest BCUT2D eigenvalue weighted by atomic mass is 10.1. The Hall–Kier alpha value is -1.09. The van der Waals surface area contributed by atoms with E-state index in [4.69, 9.17) is 11.6 Å². The van der Waals surface area contributed by atoms with E-state index in [1.807, 2.05) is 6.08 Å². The number of sulfonamides is 1. The molecular weight excluding hydrogens is 341 g/mol. The van der Waals surface area contributed by atoms with Gasteiger partial charge < -0.3 is 5.32 Å². The molecule has 0 atom stereocenters. The van der Waals surface area contributed by atoms with Crippen LogP contribution in [0.2, 0.25) is 5.02 Å². The maximum Gasteiger partial charge on any atom is 0.417 e. The van der Waals surface area contributed by atoms with Gasteiger partial charge in [0.2, 0.25) is 10.0 Å². The van der Waals surface area contributed by atoms with Gasteiger partial charge in [-0.25, -0.2) is 13.1 Å². The number of benzene rings is 1. The maximum absolute atomic E-state index is 13.0. The number of hydrogen-bond acceptors (Lipinski definition) is 3. The Labute approximate surface area is 131 Å². The Morgan fingerprint density at radius 1 is 1.32 bits per heavy atom. The van der Waals surface area contributed by atoms with Crippen molar-refractivity contribution in [1.29, 1.82) is 0 Å². The number of hydrogen-bond donors (Lipinski definition) is 2. The second kappa shape index (κ2) is 6.57. The minimum absolute atomic E-state index is 0.00998. The molecule has 0 radical (unpaired) electrons. The van der Waals surface area contributed by atoms with Gasteiger partial charge in [0, 0.05) is 18.1 Å². The van der Waals surface area contributed by atoms with Gasteiger partial charge in [-0.1, -0.05) is 23.3 Å². The first-order chi connectivity index (χ1) is 10.2. The summed E-state index contributed by atoms with van der Waals surface area (Å²) in [6.07, 6.45) is -2.34. The van der Waals surface area contributed by atoms with Crippen molar-refractivity contribution in [3.8, 4) is 0 Å². The molecule has 1 aliphatic heterocycles. The zero-order chi connectivity index (χ0) is 16.4. The zero-order valence-electron chi connectivity index (χ0n) is 11.4. The van der Waals surface area contributed by atoms with E-state index < -0.39 is 26.7 Å². The number of halogens is 4. The molecule has 0 aromatic heterocycles. The summed E-state index contributed by atoms with van der Waals surface area (Å²) >= 11 is 5.54. The van der Waals surface area contributed by atoms with Crippen LogP contribution in [0, 0.1) is 0 Å². The van der Waals surface area contributed by atoms with Crippen molar-refractivity contribution < 1.29 is 21.6 Å². The Morgan fingerprint density at radius 2 is 2.05 bits per heavy atom. The second-order valence-electron chi connectivity index (χ2n) is 4.78. The molecule has 4 nitrogen and oxygen atoms in total. The normalized spacial score (nSPS) is 16.5. The molecule has 1 aliphatic rings. The quantitative estimate of drug-likeness (QED) is 0.817. The topological polar surface area (TPSA) is 58.2 Å². The van der Waals surface area contributed by atoms with Crippen LogP contribution in [0.3, 0.4) is 0 Å². The van der Waals surface area contributed by atoms with Crippen LogP contribution in [-0.4, -0.2) is 28.1 Å². The fourth-order valence-electron chi connectivity index (χ4n) is 2.05. The minimum Gasteiger partial charge on any atom is -0.313 e. The molecule has 0 saturated carbocycles. The summed E-state index contributed by atoms with van der Waals surface area (Å²) < 4.78 is 65.5. The van der Waals surface area contributed by atoms with Crippen LogP contribution in [-0.2, 0) is 16.2 Å². The summed E-state index contributed by atoms with van der Waals surface area (Å²) in [7, 11) is -4.28. The van der Waals surface area contributed by atoms with E-state index in [0.29, 0.717) is 25.6 Å². The van der Waals surface area contributed by atoms with Crippen molar-refractivity contribution in [3.63, 3.8) is 0 Å². The van der Waals surface area contributed by atoms with Crippen molar-refractivity contribution in [2.24, 2.45) is 0 Å². The third-order valence-corrected chi connectivity index (χ3v) is 4.88. The van der Waals surface area contributed by atoms with Gasteiger partial charge >= 0.3 is 6.18 Å². The van der Waals surface area contributed by atoms with Crippen LogP contribution in [0.1, 0.15) is 12.0 Å². The van der Waals surface area contributed by atoms with E-state index in [2.05, 4.69) is 10.0 Å². The Morgan fingerprint density at radius 3 is 2.64 bits per heavy atom. The van der Waals surface area contributed by atoms with Gasteiger partial charge in [-0.15, -0.1) is 0 Å². The molecule has 0 amide bonds. The van der Waals surface area contributed by atoms with Gasteiger partial charge in [-0.05, 0) is 31.2 Å². The summed E-state index contributed by atoms with van der Waals surface area (Å²) in [5.41, 5.74) is -0.434. The lowest BCUT2D eigenvalue weighted by Gasteiger charge is -2.17. The van der Waals surface area contributed by atoms with E-state index in [1.165, 1.54) is 0 Å². The van der Waals surface area contributed by atoms with Gasteiger partial charge in [0.15, 0.2) is 0 Å². The molecule has 0 saturated heterocycles. The third-order valence-electron chi connectivity index (χ3n) is 3.18. The summed E-state index contributed by atoms with van der Waals surface area (Å²) in [4.78, 5) is -0.820. The SMILES string of the molecule is O=S(=O)(NCC1=CCNCC1)c1ccc(Cl)cc1C(F)(F)F. The molecule has 2 N–H and O–H groups in total. The van der Waals surface area contributed by atoms with E-state index in [1.54, 1.807) is 0 Å². The predicted octanol–water partition coefficient (Wildman–Crippen LogP) is 2.56. The highest BCUT2D eigenvalue weighted by molar-refractivity contribution is 7.89. The smallest absolute Gasteiger partial charge is 0.313 e. The molecule has 2 rings (SSSR count). The summed E-state index contributed by atoms with van der Waals surface area (Å²) in [6, 6.07) is 2.60. The summed E-state index contributed by atoms with van der Waals surface area (Å²) in [6.45, 7) is 1.32. The van der Waals surface area contributed by atoms with Gasteiger partial charge in [0.05, 0.1) is 10.5 Å². The molecule has 0 fully saturated rings. The highest BCUT2D eigenvalue weighted by Gasteiger charge is 2.37. The summed E-state index contributed by atoms with van der Waals surface area (Å²) in [5.74, 6) is 0. The Balaban J connectivity index is 2.27. The molecular formula is C13H14ClF3N2O2S. The zero-order valence-corrected chi connectivity index (χ0v) is 12.9. The van der Waals surface area contributed by atoms with E-state index in [-0.39, 0.29) is 11.6 Å². The first kappa shape index (κ1) is 17.3. The van der Waals surface area contributed by atoms with Crippen LogP contribution in [0.5, 0.6) is 0 Å². The van der Waals surface area contributed by atoms with Crippen LogP contribution < -0.4 is 10.0 Å². The molecule has 122 valence electrons. The van der Waals surface area contributed by atoms with Crippen LogP contribution >= 0.6 is 11.6 Å². The average Bonchev–Trinajstić information content (AvgIpc) is 2.45. The Bertz CT molecular complexity index is 687. The summed E-state index contributed by atoms with van der Waals surface area (Å²) in [5, 5.41) is 2.89. The number of rotatable bonds is 4. The number of nitrogens with one attached hydrogen (secondary N) is 2. The fraction of sp³-hybridized carbons (Fsp3) is 0.385. The molecule has 1 aromatic rings. The van der Waals surface area contributed by atoms with Gasteiger partial charge in [0.1, 0.15) is 0 Å². The molecule has 0 bridgehead atoms. The van der Waals surface area contributed by atoms with E-state index >= 15 is 0 Å². The van der Waals surface area contributed by atoms with Crippen LogP contribution in [0.15, 0.2) is 34.7 Å². The predicted molar refractivity (Wildman–Crippen MR) is 77.2 cm³/mol. The maximum atomic E-state index is 13.0. The van der Waals surface area contributed by atoms with Gasteiger partial charge in [-0.2, -0.15) is 13.2 Å². The number of alkyl halides is 3. The van der Waals surface area contributed by atoms with Gasteiger partial charge in [0.25, 0.3) is 0 Å². The first-order valence-electron chi connectivity index (χ1n) is 6.45. The molecule has 1 aromatic carbocycles. The lowest BCUT2D eigenvalue weighted by Crippen LogP contribution is -2.31. The monoisotopic (exact) mass is 354 g/mol. The largest absolute Gasteiger partial charge is 0.417 e. The van der Waals surface area contributed by atoms with Crippen molar-refractivity contribution in [2.45, 2.75) is 17.5 Å². The highest BCUT2D eigenvalue weighted by Crippen LogP contribution is 2.35. The molecule has 9 heteroatoms. The van der Waals surface area contributed by atoms with Crippen molar-refractivity contribution in [2.75, 3.05) is 19.6 Å². The third kappa shape index (κ3) is 4.22. The van der Waals surface area contributed by atoms with E-state index in [9.17, 15) is 21.6 Å². The molecule has 0 unspecified atom stereocenters. The average molecular weight is 355 g/mol. The lowest BCUT2D eigenvalue weighted by molar-refractivity contribution is -0.139. The standard InChI is InChI=1S/C13H14ClF3N2O2S/c14-10-1-2-12(11(7-10)13(15,16)17)22(20,21)19-8-9-3-5-18-6-4-9/h1-3,7,18-19H,4-6,8H2. The van der Waals surface area contributed by atoms with Crippen LogP contribution in [0.25, 0.3) is 0 Å². The fourth-order valence-corrected chi connectivity index (χ4v) is 3.47. The minimum atomic E-state index is -4.80. The molecule has 1 heterocycles. The van der Waals surface area contributed by atoms with Gasteiger partial charge in [-0.3, -0.25) is 0 Å². The van der Waals surface area contributed by atoms with Crippen molar-refractivity contribution >= 4 is 21.6 Å². The van der Waals surface area contributed by atoms with Crippen molar-refractivity contribution in [3.05, 3.63) is 40.4 Å². The molecule has 0 spiro atoms. The molecule has 0 aliphatic carbocycles.